The molecule has 6 heteroatoms. The number of aryl methyl sites for hydroxylation is 1. The zero-order chi connectivity index (χ0) is 13.1. The molecule has 0 radical (unpaired) electrons. The van der Waals surface area contributed by atoms with E-state index in [4.69, 9.17) is 9.47 Å². The van der Waals surface area contributed by atoms with Gasteiger partial charge in [0.15, 0.2) is 0 Å². The molecule has 0 saturated carbocycles. The van der Waals surface area contributed by atoms with Gasteiger partial charge < -0.3 is 14.5 Å². The second-order valence-electron chi connectivity index (χ2n) is 3.63. The highest BCUT2D eigenvalue weighted by molar-refractivity contribution is 5.65. The summed E-state index contributed by atoms with van der Waals surface area (Å²) >= 11 is 0. The Balaban J connectivity index is 2.59. The molecule has 2 aromatic rings. The average Bonchev–Trinajstić information content (AvgIpc) is 2.36. The fourth-order valence-corrected chi connectivity index (χ4v) is 1.61. The third-order valence-electron chi connectivity index (χ3n) is 2.37. The Labute approximate surface area is 104 Å². The van der Waals surface area contributed by atoms with Crippen LogP contribution in [0.5, 0.6) is 11.8 Å². The minimum Gasteiger partial charge on any atom is -0.481 e. The van der Waals surface area contributed by atoms with Crippen molar-refractivity contribution in [1.29, 1.82) is 0 Å². The third-order valence-corrected chi connectivity index (χ3v) is 2.37. The first-order valence-corrected chi connectivity index (χ1v) is 5.31. The normalized spacial score (nSPS) is 10.2. The zero-order valence-electron chi connectivity index (χ0n) is 10.4. The highest BCUT2D eigenvalue weighted by Crippen LogP contribution is 2.27. The second kappa shape index (κ2) is 4.87. The van der Waals surface area contributed by atoms with E-state index in [1.54, 1.807) is 19.1 Å². The molecule has 2 heterocycles. The molecule has 0 aliphatic rings. The largest absolute Gasteiger partial charge is 0.481 e. The summed E-state index contributed by atoms with van der Waals surface area (Å²) in [7, 11) is 3.03. The summed E-state index contributed by atoms with van der Waals surface area (Å²) in [5.74, 6) is 1.35. The van der Waals surface area contributed by atoms with Crippen molar-refractivity contribution in [1.82, 2.24) is 15.0 Å². The van der Waals surface area contributed by atoms with Gasteiger partial charge in [0.1, 0.15) is 5.82 Å². The maximum absolute atomic E-state index is 11.4. The molecule has 1 N–H and O–H groups in total. The van der Waals surface area contributed by atoms with Crippen LogP contribution in [0.25, 0.3) is 11.3 Å². The first-order valence-electron chi connectivity index (χ1n) is 5.31. The summed E-state index contributed by atoms with van der Waals surface area (Å²) in [6.45, 7) is 1.72. The summed E-state index contributed by atoms with van der Waals surface area (Å²) in [6, 6.07) is 4.85. The second-order valence-corrected chi connectivity index (χ2v) is 3.63. The summed E-state index contributed by atoms with van der Waals surface area (Å²) in [5.41, 5.74) is 0.950. The van der Waals surface area contributed by atoms with Gasteiger partial charge in [-0.3, -0.25) is 4.79 Å². The molecule has 0 atom stereocenters. The standard InChI is InChI=1S/C12H13N3O3/c1-7-13-9(6-10(16)14-7)8-4-5-11(17-2)15-12(8)18-3/h4-6H,1-3H3,(H,13,14,16). The van der Waals surface area contributed by atoms with Crippen LogP contribution in [0.1, 0.15) is 5.82 Å². The van der Waals surface area contributed by atoms with E-state index in [1.165, 1.54) is 20.3 Å². The predicted octanol–water partition coefficient (Wildman–Crippen LogP) is 1.16. The van der Waals surface area contributed by atoms with Gasteiger partial charge in [0.25, 0.3) is 5.56 Å². The van der Waals surface area contributed by atoms with Crippen LogP contribution < -0.4 is 15.0 Å². The van der Waals surface area contributed by atoms with Crippen LogP contribution in [0.2, 0.25) is 0 Å². The molecule has 0 bridgehead atoms. The summed E-state index contributed by atoms with van der Waals surface area (Å²) in [6.07, 6.45) is 0. The molecule has 0 spiro atoms. The van der Waals surface area contributed by atoms with E-state index in [0.29, 0.717) is 28.8 Å². The average molecular weight is 247 g/mol. The minimum absolute atomic E-state index is 0.213. The highest BCUT2D eigenvalue weighted by Gasteiger charge is 2.11. The fraction of sp³-hybridized carbons (Fsp3) is 0.250. The molecule has 18 heavy (non-hydrogen) atoms. The number of aromatic amines is 1. The van der Waals surface area contributed by atoms with Crippen molar-refractivity contribution in [3.63, 3.8) is 0 Å². The Bertz CT molecular complexity index is 622. The molecule has 94 valence electrons. The van der Waals surface area contributed by atoms with E-state index in [2.05, 4.69) is 15.0 Å². The lowest BCUT2D eigenvalue weighted by Crippen LogP contribution is -2.09. The summed E-state index contributed by atoms with van der Waals surface area (Å²) < 4.78 is 10.2. The molecule has 0 unspecified atom stereocenters. The Morgan fingerprint density at radius 2 is 1.94 bits per heavy atom. The number of nitrogens with zero attached hydrogens (tertiary/aromatic N) is 2. The Kier molecular flexibility index (Phi) is 3.27. The molecule has 0 aliphatic carbocycles. The first-order chi connectivity index (χ1) is 8.63. The van der Waals surface area contributed by atoms with E-state index in [1.807, 2.05) is 0 Å². The Hall–Kier alpha value is -2.37. The fourth-order valence-electron chi connectivity index (χ4n) is 1.61. The van der Waals surface area contributed by atoms with Gasteiger partial charge in [-0.05, 0) is 13.0 Å². The van der Waals surface area contributed by atoms with Crippen molar-refractivity contribution in [2.24, 2.45) is 0 Å². The third kappa shape index (κ3) is 2.32. The van der Waals surface area contributed by atoms with E-state index >= 15 is 0 Å². The topological polar surface area (TPSA) is 77.1 Å². The van der Waals surface area contributed by atoms with Gasteiger partial charge in [0, 0.05) is 12.1 Å². The lowest BCUT2D eigenvalue weighted by Gasteiger charge is -2.08. The van der Waals surface area contributed by atoms with Crippen LogP contribution in [0, 0.1) is 6.92 Å². The molecular weight excluding hydrogens is 234 g/mol. The number of H-pyrrole nitrogens is 1. The lowest BCUT2D eigenvalue weighted by atomic mass is 10.2. The highest BCUT2D eigenvalue weighted by atomic mass is 16.5. The predicted molar refractivity (Wildman–Crippen MR) is 65.9 cm³/mol. The Morgan fingerprint density at radius 1 is 1.17 bits per heavy atom. The molecule has 2 aromatic heterocycles. The molecular formula is C12H13N3O3. The molecule has 0 aliphatic heterocycles. The van der Waals surface area contributed by atoms with Crippen LogP contribution in [0.4, 0.5) is 0 Å². The van der Waals surface area contributed by atoms with Crippen LogP contribution in [-0.4, -0.2) is 29.2 Å². The molecule has 0 aromatic carbocycles. The quantitative estimate of drug-likeness (QED) is 0.880. The number of hydrogen-bond donors (Lipinski definition) is 1. The van der Waals surface area contributed by atoms with E-state index in [-0.39, 0.29) is 5.56 Å². The van der Waals surface area contributed by atoms with Crippen LogP contribution in [0.3, 0.4) is 0 Å². The van der Waals surface area contributed by atoms with Crippen LogP contribution >= 0.6 is 0 Å². The van der Waals surface area contributed by atoms with Gasteiger partial charge in [-0.1, -0.05) is 0 Å². The molecule has 0 fully saturated rings. The zero-order valence-corrected chi connectivity index (χ0v) is 10.4. The number of methoxy groups -OCH3 is 2. The lowest BCUT2D eigenvalue weighted by molar-refractivity contribution is 0.366. The van der Waals surface area contributed by atoms with Crippen molar-refractivity contribution in [3.8, 4) is 23.0 Å². The van der Waals surface area contributed by atoms with E-state index < -0.39 is 0 Å². The summed E-state index contributed by atoms with van der Waals surface area (Å²) in [4.78, 5) is 22.4. The van der Waals surface area contributed by atoms with Crippen molar-refractivity contribution >= 4 is 0 Å². The molecule has 0 amide bonds. The molecule has 0 saturated heterocycles. The number of hydrogen-bond acceptors (Lipinski definition) is 5. The number of ether oxygens (including phenoxy) is 2. The summed E-state index contributed by atoms with van der Waals surface area (Å²) in [5, 5.41) is 0. The number of rotatable bonds is 3. The van der Waals surface area contributed by atoms with Gasteiger partial charge in [0.05, 0.1) is 25.5 Å². The van der Waals surface area contributed by atoms with Crippen molar-refractivity contribution in [3.05, 3.63) is 34.4 Å². The monoisotopic (exact) mass is 247 g/mol. The van der Waals surface area contributed by atoms with Gasteiger partial charge in [-0.25, -0.2) is 4.98 Å². The Morgan fingerprint density at radius 3 is 2.56 bits per heavy atom. The first kappa shape index (κ1) is 12.1. The van der Waals surface area contributed by atoms with E-state index in [0.717, 1.165) is 0 Å². The van der Waals surface area contributed by atoms with Gasteiger partial charge in [-0.2, -0.15) is 4.98 Å². The number of aromatic nitrogens is 3. The SMILES string of the molecule is COc1ccc(-c2cc(=O)[nH]c(C)n2)c(OC)n1. The number of nitrogens with one attached hydrogen (secondary N) is 1. The number of pyridine rings is 1. The molecule has 6 nitrogen and oxygen atoms in total. The smallest absolute Gasteiger partial charge is 0.251 e. The van der Waals surface area contributed by atoms with Crippen LogP contribution in [0.15, 0.2) is 23.0 Å². The van der Waals surface area contributed by atoms with Crippen molar-refractivity contribution in [2.75, 3.05) is 14.2 Å². The van der Waals surface area contributed by atoms with E-state index in [9.17, 15) is 4.79 Å². The maximum atomic E-state index is 11.4. The van der Waals surface area contributed by atoms with Crippen molar-refractivity contribution in [2.45, 2.75) is 6.92 Å². The van der Waals surface area contributed by atoms with Gasteiger partial charge in [-0.15, -0.1) is 0 Å². The van der Waals surface area contributed by atoms with Crippen LogP contribution in [-0.2, 0) is 0 Å². The van der Waals surface area contributed by atoms with Gasteiger partial charge >= 0.3 is 0 Å². The van der Waals surface area contributed by atoms with Gasteiger partial charge in [0.2, 0.25) is 11.8 Å². The maximum Gasteiger partial charge on any atom is 0.251 e. The minimum atomic E-state index is -0.213. The van der Waals surface area contributed by atoms with Crippen molar-refractivity contribution < 1.29 is 9.47 Å². The molecule has 2 rings (SSSR count).